The van der Waals surface area contributed by atoms with Crippen LogP contribution in [0.15, 0.2) is 0 Å². The number of carboxylic acids is 1. The molecule has 4 heteroatoms. The monoisotopic (exact) mass is 721 g/mol. The van der Waals surface area contributed by atoms with E-state index >= 15 is 0 Å². The topological polar surface area (TPSA) is 63.6 Å². The van der Waals surface area contributed by atoms with Crippen molar-refractivity contribution in [2.45, 2.75) is 271 Å². The SMILES string of the molecule is CCCCCCCCCCCCCCC(CCCCCCCCCCCCCCCCCC(=O)O)C(=O)OCCCCCCCCCCC(C)C. The lowest BCUT2D eigenvalue weighted by Crippen LogP contribution is -2.18. The van der Waals surface area contributed by atoms with Gasteiger partial charge in [-0.1, -0.05) is 239 Å². The molecule has 0 aromatic carbocycles. The average Bonchev–Trinajstić information content (AvgIpc) is 3.11. The quantitative estimate of drug-likeness (QED) is 0.0503. The van der Waals surface area contributed by atoms with E-state index in [1.54, 1.807) is 0 Å². The number of aliphatic carboxylic acids is 1. The van der Waals surface area contributed by atoms with Gasteiger partial charge >= 0.3 is 11.9 Å². The summed E-state index contributed by atoms with van der Waals surface area (Å²) >= 11 is 0. The lowest BCUT2D eigenvalue weighted by molar-refractivity contribution is -0.149. The smallest absolute Gasteiger partial charge is 0.308 e. The predicted molar refractivity (Wildman–Crippen MR) is 223 cm³/mol. The zero-order chi connectivity index (χ0) is 37.3. The van der Waals surface area contributed by atoms with Crippen LogP contribution in [0.5, 0.6) is 0 Å². The molecule has 0 aliphatic heterocycles. The van der Waals surface area contributed by atoms with Crippen molar-refractivity contribution >= 4 is 11.9 Å². The molecule has 1 N–H and O–H groups in total. The first-order valence-electron chi connectivity index (χ1n) is 23.4. The molecule has 0 aromatic heterocycles. The van der Waals surface area contributed by atoms with Gasteiger partial charge in [-0.2, -0.15) is 0 Å². The first-order valence-corrected chi connectivity index (χ1v) is 23.4. The fourth-order valence-corrected chi connectivity index (χ4v) is 7.58. The van der Waals surface area contributed by atoms with Gasteiger partial charge in [-0.3, -0.25) is 9.59 Å². The molecule has 0 fully saturated rings. The number of hydrogen-bond donors (Lipinski definition) is 1. The normalized spacial score (nSPS) is 12.2. The van der Waals surface area contributed by atoms with Gasteiger partial charge in [0.15, 0.2) is 0 Å². The summed E-state index contributed by atoms with van der Waals surface area (Å²) in [7, 11) is 0. The van der Waals surface area contributed by atoms with Gasteiger partial charge in [0.2, 0.25) is 0 Å². The van der Waals surface area contributed by atoms with Gasteiger partial charge < -0.3 is 9.84 Å². The summed E-state index contributed by atoms with van der Waals surface area (Å²) in [4.78, 5) is 23.7. The molecule has 0 bridgehead atoms. The van der Waals surface area contributed by atoms with Crippen molar-refractivity contribution in [1.82, 2.24) is 0 Å². The van der Waals surface area contributed by atoms with Gasteiger partial charge in [0.05, 0.1) is 12.5 Å². The van der Waals surface area contributed by atoms with Crippen molar-refractivity contribution < 1.29 is 19.4 Å². The van der Waals surface area contributed by atoms with Crippen LogP contribution in [0.2, 0.25) is 0 Å². The van der Waals surface area contributed by atoms with Crippen LogP contribution in [-0.2, 0) is 14.3 Å². The first kappa shape index (κ1) is 49.9. The van der Waals surface area contributed by atoms with E-state index in [-0.39, 0.29) is 11.9 Å². The Balaban J connectivity index is 4.05. The zero-order valence-corrected chi connectivity index (χ0v) is 35.1. The van der Waals surface area contributed by atoms with Crippen molar-refractivity contribution in [3.63, 3.8) is 0 Å². The molecule has 1 atom stereocenters. The highest BCUT2D eigenvalue weighted by Gasteiger charge is 2.19. The summed E-state index contributed by atoms with van der Waals surface area (Å²) in [6.45, 7) is 7.56. The van der Waals surface area contributed by atoms with Crippen LogP contribution in [0.3, 0.4) is 0 Å². The summed E-state index contributed by atoms with van der Waals surface area (Å²) in [5.74, 6) is 0.390. The Morgan fingerprint density at radius 3 is 1.04 bits per heavy atom. The number of hydrogen-bond acceptors (Lipinski definition) is 3. The predicted octanol–water partition coefficient (Wildman–Crippen LogP) is 16.1. The minimum Gasteiger partial charge on any atom is -0.481 e. The lowest BCUT2D eigenvalue weighted by Gasteiger charge is -2.16. The van der Waals surface area contributed by atoms with Crippen molar-refractivity contribution in [1.29, 1.82) is 0 Å². The van der Waals surface area contributed by atoms with Gasteiger partial charge in [0, 0.05) is 6.42 Å². The van der Waals surface area contributed by atoms with E-state index < -0.39 is 5.97 Å². The van der Waals surface area contributed by atoms with Crippen LogP contribution < -0.4 is 0 Å². The van der Waals surface area contributed by atoms with Crippen LogP contribution in [0.1, 0.15) is 271 Å². The summed E-state index contributed by atoms with van der Waals surface area (Å²) in [6.07, 6.45) is 49.3. The van der Waals surface area contributed by atoms with E-state index in [1.807, 2.05) is 0 Å². The molecule has 1 unspecified atom stereocenters. The third-order valence-electron chi connectivity index (χ3n) is 11.1. The summed E-state index contributed by atoms with van der Waals surface area (Å²) < 4.78 is 5.87. The number of rotatable bonds is 43. The molecule has 4 nitrogen and oxygen atoms in total. The lowest BCUT2D eigenvalue weighted by atomic mass is 9.94. The zero-order valence-electron chi connectivity index (χ0n) is 35.1. The Morgan fingerprint density at radius 1 is 0.412 bits per heavy atom. The molecule has 304 valence electrons. The number of carbonyl (C=O) groups is 2. The molecular weight excluding hydrogens is 629 g/mol. The Morgan fingerprint density at radius 2 is 0.706 bits per heavy atom. The number of esters is 1. The standard InChI is InChI=1S/C47H92O4/c1-4-5-6-7-8-9-10-16-19-25-30-35-40-45(47(50)51-43-38-33-28-23-22-24-29-34-39-44(2)3)41-36-31-26-20-17-14-12-11-13-15-18-21-27-32-37-42-46(48)49/h44-45H,4-43H2,1-3H3,(H,48,49). The number of carbonyl (C=O) groups excluding carboxylic acids is 1. The third-order valence-corrected chi connectivity index (χ3v) is 11.1. The summed E-state index contributed by atoms with van der Waals surface area (Å²) in [5, 5.41) is 8.70. The van der Waals surface area contributed by atoms with Crippen molar-refractivity contribution in [3.05, 3.63) is 0 Å². The van der Waals surface area contributed by atoms with Gasteiger partial charge in [-0.15, -0.1) is 0 Å². The van der Waals surface area contributed by atoms with Crippen LogP contribution >= 0.6 is 0 Å². The van der Waals surface area contributed by atoms with Gasteiger partial charge in [0.1, 0.15) is 0 Å². The number of carboxylic acid groups (broad SMARTS) is 1. The maximum Gasteiger partial charge on any atom is 0.308 e. The summed E-state index contributed by atoms with van der Waals surface area (Å²) in [6, 6.07) is 0. The second-order valence-corrected chi connectivity index (χ2v) is 16.8. The van der Waals surface area contributed by atoms with Crippen molar-refractivity contribution in [2.75, 3.05) is 6.61 Å². The van der Waals surface area contributed by atoms with Gasteiger partial charge in [0.25, 0.3) is 0 Å². The Labute approximate surface area is 320 Å². The van der Waals surface area contributed by atoms with Crippen molar-refractivity contribution in [3.8, 4) is 0 Å². The first-order chi connectivity index (χ1) is 25.0. The van der Waals surface area contributed by atoms with E-state index in [9.17, 15) is 9.59 Å². The molecule has 0 radical (unpaired) electrons. The van der Waals surface area contributed by atoms with E-state index in [1.165, 1.54) is 212 Å². The molecule has 0 amide bonds. The highest BCUT2D eigenvalue weighted by Crippen LogP contribution is 2.22. The van der Waals surface area contributed by atoms with Gasteiger partial charge in [-0.25, -0.2) is 0 Å². The average molecular weight is 721 g/mol. The van der Waals surface area contributed by atoms with Crippen molar-refractivity contribution in [2.24, 2.45) is 11.8 Å². The second-order valence-electron chi connectivity index (χ2n) is 16.8. The molecule has 0 heterocycles. The van der Waals surface area contributed by atoms with Crippen LogP contribution in [-0.4, -0.2) is 23.7 Å². The van der Waals surface area contributed by atoms with E-state index in [2.05, 4.69) is 20.8 Å². The maximum absolute atomic E-state index is 13.1. The number of unbranched alkanes of at least 4 members (excludes halogenated alkanes) is 32. The molecular formula is C47H92O4. The Bertz CT molecular complexity index is 704. The minimum atomic E-state index is -0.662. The highest BCUT2D eigenvalue weighted by molar-refractivity contribution is 5.72. The summed E-state index contributed by atoms with van der Waals surface area (Å²) in [5.41, 5.74) is 0. The van der Waals surface area contributed by atoms with E-state index in [0.717, 1.165) is 38.0 Å². The molecule has 0 aliphatic carbocycles. The highest BCUT2D eigenvalue weighted by atomic mass is 16.5. The molecule has 0 rings (SSSR count). The molecule has 0 aromatic rings. The molecule has 0 saturated carbocycles. The fraction of sp³-hybridized carbons (Fsp3) is 0.957. The maximum atomic E-state index is 13.1. The molecule has 0 aliphatic rings. The Kier molecular flexibility index (Phi) is 40.8. The van der Waals surface area contributed by atoms with Crippen LogP contribution in [0.25, 0.3) is 0 Å². The number of ether oxygens (including phenoxy) is 1. The molecule has 0 spiro atoms. The molecule has 0 saturated heterocycles. The minimum absolute atomic E-state index is 0.0985. The second kappa shape index (κ2) is 41.7. The Hall–Kier alpha value is -1.06. The fourth-order valence-electron chi connectivity index (χ4n) is 7.58. The van der Waals surface area contributed by atoms with Gasteiger partial charge in [-0.05, 0) is 31.6 Å². The van der Waals surface area contributed by atoms with Crippen LogP contribution in [0, 0.1) is 11.8 Å². The largest absolute Gasteiger partial charge is 0.481 e. The van der Waals surface area contributed by atoms with E-state index in [0.29, 0.717) is 13.0 Å². The van der Waals surface area contributed by atoms with Crippen LogP contribution in [0.4, 0.5) is 0 Å². The molecule has 51 heavy (non-hydrogen) atoms. The van der Waals surface area contributed by atoms with E-state index in [4.69, 9.17) is 9.84 Å². The third kappa shape index (κ3) is 41.6.